The molecule has 0 radical (unpaired) electrons. The zero-order chi connectivity index (χ0) is 15.1. The fraction of sp³-hybridized carbons (Fsp3) is 0.562. The van der Waals surface area contributed by atoms with Crippen LogP contribution in [0, 0.1) is 0 Å². The summed E-state index contributed by atoms with van der Waals surface area (Å²) in [6.45, 7) is 3.03. The number of rotatable bonds is 4. The average Bonchev–Trinajstić information content (AvgIpc) is 3.07. The molecule has 22 heavy (non-hydrogen) atoms. The first-order chi connectivity index (χ1) is 10.7. The topological polar surface area (TPSA) is 81.1 Å². The predicted molar refractivity (Wildman–Crippen MR) is 83.6 cm³/mol. The van der Waals surface area contributed by atoms with Crippen molar-refractivity contribution in [2.45, 2.75) is 51.0 Å². The second kappa shape index (κ2) is 5.26. The molecule has 0 amide bonds. The third-order valence-corrected chi connectivity index (χ3v) is 4.47. The van der Waals surface area contributed by atoms with Crippen LogP contribution in [0.25, 0.3) is 0 Å². The van der Waals surface area contributed by atoms with E-state index in [0.717, 1.165) is 56.0 Å². The maximum Gasteiger partial charge on any atom is 0.231 e. The number of nitrogen functional groups attached to an aromatic ring is 1. The molecule has 116 valence electrons. The van der Waals surface area contributed by atoms with E-state index in [9.17, 15) is 0 Å². The first-order valence-electron chi connectivity index (χ1n) is 8.11. The smallest absolute Gasteiger partial charge is 0.231 e. The lowest BCUT2D eigenvalue weighted by molar-refractivity contribution is 0.433. The summed E-state index contributed by atoms with van der Waals surface area (Å²) in [4.78, 5) is 15.5. The molecule has 0 unspecified atom stereocenters. The molecular formula is C16H21N5O. The molecule has 1 saturated carbocycles. The number of hydrogen-bond donors (Lipinski definition) is 1. The fourth-order valence-corrected chi connectivity index (χ4v) is 3.12. The number of nitrogens with two attached hydrogens (primary N) is 1. The molecule has 1 aliphatic heterocycles. The predicted octanol–water partition coefficient (Wildman–Crippen LogP) is 2.83. The third kappa shape index (κ3) is 2.42. The molecule has 2 aromatic rings. The lowest BCUT2D eigenvalue weighted by Gasteiger charge is -2.23. The van der Waals surface area contributed by atoms with Gasteiger partial charge in [-0.3, -0.25) is 0 Å². The molecule has 2 fully saturated rings. The molecule has 6 heteroatoms. The van der Waals surface area contributed by atoms with Gasteiger partial charge >= 0.3 is 0 Å². The minimum Gasteiger partial charge on any atom is -0.464 e. The number of aromatic nitrogens is 3. The Labute approximate surface area is 129 Å². The second-order valence-electron chi connectivity index (χ2n) is 6.14. The molecule has 6 nitrogen and oxygen atoms in total. The Balaban J connectivity index is 1.65. The van der Waals surface area contributed by atoms with Gasteiger partial charge in [0.1, 0.15) is 17.3 Å². The van der Waals surface area contributed by atoms with Gasteiger partial charge in [0.25, 0.3) is 0 Å². The lowest BCUT2D eigenvalue weighted by Crippen LogP contribution is -2.25. The van der Waals surface area contributed by atoms with E-state index < -0.39 is 0 Å². The quantitative estimate of drug-likeness (QED) is 0.935. The first kappa shape index (κ1) is 13.5. The molecule has 3 heterocycles. The Bertz CT molecular complexity index is 679. The van der Waals surface area contributed by atoms with Crippen molar-refractivity contribution >= 4 is 11.9 Å². The van der Waals surface area contributed by atoms with Gasteiger partial charge in [-0.05, 0) is 37.8 Å². The molecule has 2 aliphatic rings. The normalized spacial score (nSPS) is 21.5. The van der Waals surface area contributed by atoms with Gasteiger partial charge < -0.3 is 15.1 Å². The summed E-state index contributed by atoms with van der Waals surface area (Å²) in [5, 5.41) is 0. The van der Waals surface area contributed by atoms with Gasteiger partial charge in [-0.15, -0.1) is 0 Å². The SMILES string of the molecule is CCc1ccc([C@@H]2CCCN2c2nc(N)nc(C3CC3)n2)o1. The number of aryl methyl sites for hydroxylation is 1. The van der Waals surface area contributed by atoms with Crippen LogP contribution < -0.4 is 10.6 Å². The van der Waals surface area contributed by atoms with E-state index >= 15 is 0 Å². The minimum atomic E-state index is 0.203. The zero-order valence-corrected chi connectivity index (χ0v) is 12.8. The molecular weight excluding hydrogens is 278 g/mol. The third-order valence-electron chi connectivity index (χ3n) is 4.47. The van der Waals surface area contributed by atoms with Crippen LogP contribution in [0.2, 0.25) is 0 Å². The van der Waals surface area contributed by atoms with Crippen LogP contribution in [0.5, 0.6) is 0 Å². The number of hydrogen-bond acceptors (Lipinski definition) is 6. The van der Waals surface area contributed by atoms with E-state index in [2.05, 4.69) is 38.9 Å². The summed E-state index contributed by atoms with van der Waals surface area (Å²) in [7, 11) is 0. The van der Waals surface area contributed by atoms with Gasteiger partial charge in [-0.1, -0.05) is 6.92 Å². The molecule has 0 aromatic carbocycles. The van der Waals surface area contributed by atoms with E-state index in [1.165, 1.54) is 0 Å². The first-order valence-corrected chi connectivity index (χ1v) is 8.11. The largest absolute Gasteiger partial charge is 0.464 e. The van der Waals surface area contributed by atoms with Gasteiger partial charge in [0.05, 0.1) is 6.04 Å². The highest BCUT2D eigenvalue weighted by Gasteiger charge is 2.33. The van der Waals surface area contributed by atoms with Crippen LogP contribution in [0.3, 0.4) is 0 Å². The Kier molecular flexibility index (Phi) is 3.24. The van der Waals surface area contributed by atoms with Crippen LogP contribution in [-0.4, -0.2) is 21.5 Å². The Morgan fingerprint density at radius 3 is 2.82 bits per heavy atom. The van der Waals surface area contributed by atoms with Crippen molar-refractivity contribution in [3.8, 4) is 0 Å². The summed E-state index contributed by atoms with van der Waals surface area (Å²) in [6.07, 6.45) is 5.39. The Hall–Kier alpha value is -2.11. The van der Waals surface area contributed by atoms with E-state index in [-0.39, 0.29) is 6.04 Å². The van der Waals surface area contributed by atoms with Gasteiger partial charge in [0, 0.05) is 18.9 Å². The van der Waals surface area contributed by atoms with Crippen LogP contribution in [-0.2, 0) is 6.42 Å². The number of nitrogens with zero attached hydrogens (tertiary/aromatic N) is 4. The molecule has 0 bridgehead atoms. The molecule has 2 aromatic heterocycles. The van der Waals surface area contributed by atoms with E-state index in [4.69, 9.17) is 10.2 Å². The van der Waals surface area contributed by atoms with Crippen LogP contribution in [0.15, 0.2) is 16.5 Å². The average molecular weight is 299 g/mol. The Morgan fingerprint density at radius 2 is 2.09 bits per heavy atom. The molecule has 4 rings (SSSR count). The van der Waals surface area contributed by atoms with E-state index in [0.29, 0.717) is 17.8 Å². The molecule has 1 aliphatic carbocycles. The van der Waals surface area contributed by atoms with Crippen molar-refractivity contribution in [3.05, 3.63) is 29.5 Å². The molecule has 0 spiro atoms. The van der Waals surface area contributed by atoms with Gasteiger partial charge in [0.15, 0.2) is 0 Å². The Morgan fingerprint density at radius 1 is 1.23 bits per heavy atom. The van der Waals surface area contributed by atoms with Gasteiger partial charge in [-0.25, -0.2) is 0 Å². The second-order valence-corrected chi connectivity index (χ2v) is 6.14. The van der Waals surface area contributed by atoms with Gasteiger partial charge in [-0.2, -0.15) is 15.0 Å². The van der Waals surface area contributed by atoms with Crippen molar-refractivity contribution in [3.63, 3.8) is 0 Å². The van der Waals surface area contributed by atoms with Crippen LogP contribution in [0.4, 0.5) is 11.9 Å². The summed E-state index contributed by atoms with van der Waals surface area (Å²) in [6, 6.07) is 4.34. The maximum atomic E-state index is 5.94. The lowest BCUT2D eigenvalue weighted by atomic mass is 10.2. The van der Waals surface area contributed by atoms with Crippen molar-refractivity contribution in [1.29, 1.82) is 0 Å². The van der Waals surface area contributed by atoms with Crippen LogP contribution in [0.1, 0.15) is 61.9 Å². The summed E-state index contributed by atoms with van der Waals surface area (Å²) < 4.78 is 5.94. The summed E-state index contributed by atoms with van der Waals surface area (Å²) >= 11 is 0. The number of anilines is 2. The van der Waals surface area contributed by atoms with E-state index in [1.807, 2.05) is 0 Å². The summed E-state index contributed by atoms with van der Waals surface area (Å²) in [5.74, 6) is 4.37. The van der Waals surface area contributed by atoms with Crippen molar-refractivity contribution in [2.75, 3.05) is 17.2 Å². The monoisotopic (exact) mass is 299 g/mol. The minimum absolute atomic E-state index is 0.203. The highest BCUT2D eigenvalue weighted by Crippen LogP contribution is 2.40. The van der Waals surface area contributed by atoms with E-state index in [1.54, 1.807) is 0 Å². The van der Waals surface area contributed by atoms with Crippen molar-refractivity contribution in [1.82, 2.24) is 15.0 Å². The highest BCUT2D eigenvalue weighted by atomic mass is 16.3. The van der Waals surface area contributed by atoms with Crippen LogP contribution >= 0.6 is 0 Å². The van der Waals surface area contributed by atoms with Gasteiger partial charge in [0.2, 0.25) is 11.9 Å². The van der Waals surface area contributed by atoms with Crippen molar-refractivity contribution < 1.29 is 4.42 Å². The molecule has 2 N–H and O–H groups in total. The highest BCUT2D eigenvalue weighted by molar-refractivity contribution is 5.40. The standard InChI is InChI=1S/C16H21N5O/c1-2-11-7-8-13(22-11)12-4-3-9-21(12)16-19-14(10-5-6-10)18-15(17)20-16/h7-8,10,12H,2-6,9H2,1H3,(H2,17,18,19,20)/t12-/m0/s1. The number of furan rings is 1. The van der Waals surface area contributed by atoms with Crippen molar-refractivity contribution in [2.24, 2.45) is 0 Å². The zero-order valence-electron chi connectivity index (χ0n) is 12.8. The maximum absolute atomic E-state index is 5.94. The fourth-order valence-electron chi connectivity index (χ4n) is 3.12. The summed E-state index contributed by atoms with van der Waals surface area (Å²) in [5.41, 5.74) is 5.89. The molecule has 1 atom stereocenters. The molecule has 1 saturated heterocycles.